The first-order valence-electron chi connectivity index (χ1n) is 21.8. The Morgan fingerprint density at radius 2 is 0.779 bits per heavy atom. The van der Waals surface area contributed by atoms with E-state index >= 15 is 0 Å². The van der Waals surface area contributed by atoms with Crippen molar-refractivity contribution in [2.24, 2.45) is 0 Å². The number of thiol groups is 4. The Balaban J connectivity index is 1.28. The van der Waals surface area contributed by atoms with Gasteiger partial charge in [0.05, 0.1) is 5.69 Å². The molecule has 0 atom stereocenters. The number of fused-ring (bicyclic) bond motifs is 20. The van der Waals surface area contributed by atoms with Gasteiger partial charge in [0.15, 0.2) is 23.3 Å². The number of nitrogens with one attached hydrogen (secondary N) is 1. The Morgan fingerprint density at radius 3 is 1.31 bits per heavy atom. The van der Waals surface area contributed by atoms with Gasteiger partial charge in [0.25, 0.3) is 0 Å². The summed E-state index contributed by atoms with van der Waals surface area (Å²) in [4.78, 5) is 39.6. The maximum Gasteiger partial charge on any atom is 0.164 e. The highest BCUT2D eigenvalue weighted by atomic mass is 32.1. The van der Waals surface area contributed by atoms with Crippen LogP contribution in [0.15, 0.2) is 196 Å². The fourth-order valence-electron chi connectivity index (χ4n) is 9.59. The number of aromatic amines is 1. The molecule has 0 saturated carbocycles. The number of rotatable bonds is 4. The lowest BCUT2D eigenvalue weighted by Gasteiger charge is -2.19. The lowest BCUT2D eigenvalue weighted by Crippen LogP contribution is -1.97. The van der Waals surface area contributed by atoms with Crippen molar-refractivity contribution >= 4 is 94.6 Å². The monoisotopic (exact) mass is 946 g/mol. The van der Waals surface area contributed by atoms with Gasteiger partial charge in [-0.3, -0.25) is 4.57 Å². The van der Waals surface area contributed by atoms with Crippen LogP contribution in [0.4, 0.5) is 0 Å². The third-order valence-corrected chi connectivity index (χ3v) is 13.6. The summed E-state index contributed by atoms with van der Waals surface area (Å²) in [7, 11) is 0. The second-order valence-electron chi connectivity index (χ2n) is 16.7. The van der Waals surface area contributed by atoms with E-state index in [1.807, 2.05) is 121 Å². The number of nitrogens with zero attached hydrogens (tertiary/aromatic N) is 7. The van der Waals surface area contributed by atoms with Gasteiger partial charge in [-0.05, 0) is 88.5 Å². The minimum absolute atomic E-state index is 0.504. The van der Waals surface area contributed by atoms with Crippen LogP contribution in [0.1, 0.15) is 0 Å². The number of H-pyrrole nitrogens is 1. The molecular weight excluding hydrogens is 913 g/mol. The first-order chi connectivity index (χ1) is 33.3. The molecule has 0 saturated heterocycles. The van der Waals surface area contributed by atoms with Crippen molar-refractivity contribution in [3.8, 4) is 84.6 Å². The van der Waals surface area contributed by atoms with Crippen molar-refractivity contribution in [1.29, 1.82) is 0 Å². The zero-order chi connectivity index (χ0) is 45.6. The minimum Gasteiger partial charge on any atom is -0.324 e. The smallest absolute Gasteiger partial charge is 0.164 e. The van der Waals surface area contributed by atoms with Gasteiger partial charge in [0, 0.05) is 68.9 Å². The molecule has 322 valence electrons. The Morgan fingerprint density at radius 1 is 0.338 bits per heavy atom. The molecule has 0 amide bonds. The molecule has 0 fully saturated rings. The van der Waals surface area contributed by atoms with Crippen molar-refractivity contribution in [2.75, 3.05) is 0 Å². The number of hydrogen-bond donors (Lipinski definition) is 5. The van der Waals surface area contributed by atoms with Crippen molar-refractivity contribution in [3.05, 3.63) is 176 Å². The summed E-state index contributed by atoms with van der Waals surface area (Å²) in [6.07, 6.45) is 0. The summed E-state index contributed by atoms with van der Waals surface area (Å²) in [6.45, 7) is 0. The summed E-state index contributed by atoms with van der Waals surface area (Å²) < 4.78 is 2.08. The van der Waals surface area contributed by atoms with Gasteiger partial charge in [-0.1, -0.05) is 115 Å². The van der Waals surface area contributed by atoms with Crippen LogP contribution < -0.4 is 0 Å². The Kier molecular flexibility index (Phi) is 9.65. The van der Waals surface area contributed by atoms with Gasteiger partial charge in [0.1, 0.15) is 22.6 Å². The minimum atomic E-state index is 0.504. The number of hydrogen-bond acceptors (Lipinski definition) is 10. The zero-order valence-electron chi connectivity index (χ0n) is 35.7. The molecule has 11 aromatic rings. The van der Waals surface area contributed by atoms with Crippen LogP contribution in [0, 0.1) is 0 Å². The van der Waals surface area contributed by atoms with Crippen LogP contribution >= 0.6 is 50.5 Å². The van der Waals surface area contributed by atoms with E-state index in [2.05, 4.69) is 64.1 Å². The summed E-state index contributed by atoms with van der Waals surface area (Å²) >= 11 is 19.3. The molecule has 2 aliphatic rings. The second-order valence-corrected chi connectivity index (χ2v) is 18.7. The van der Waals surface area contributed by atoms with Crippen molar-refractivity contribution < 1.29 is 0 Å². The molecule has 12 heteroatoms. The average molecular weight is 947 g/mol. The predicted octanol–water partition coefficient (Wildman–Crippen LogP) is 14.5. The molecule has 0 aliphatic carbocycles. The standard InChI is InChI=1S/C56H34N8S4/c65-34-15-7-11-30(25-34)44-29-45-48(47(32-13-9-17-36(67)27-32)46(44)31-12-8-16-35(66)26-31)54-60-50-39-20-2-4-22-41(39)52(58-50)63-56-43-24-6-5-23-42(43)55(64(56)33-14-10-18-37(68)28-33)62-51-40-21-3-1-19-38(40)49(57-51)59-53(45)61-54/h1-29,65-68H,(H,57,58,59,60,61,62,63). The summed E-state index contributed by atoms with van der Waals surface area (Å²) in [5.41, 5.74) is 12.5. The normalized spacial score (nSPS) is 11.8. The van der Waals surface area contributed by atoms with Crippen LogP contribution in [0.5, 0.6) is 0 Å². The van der Waals surface area contributed by atoms with Gasteiger partial charge in [-0.25, -0.2) is 29.9 Å². The predicted molar refractivity (Wildman–Crippen MR) is 286 cm³/mol. The fraction of sp³-hybridized carbons (Fsp3) is 0. The molecule has 68 heavy (non-hydrogen) atoms. The van der Waals surface area contributed by atoms with E-state index in [-0.39, 0.29) is 0 Å². The van der Waals surface area contributed by atoms with E-state index in [1.54, 1.807) is 0 Å². The average Bonchev–Trinajstić information content (AvgIpc) is 4.08. The highest BCUT2D eigenvalue weighted by Crippen LogP contribution is 2.48. The van der Waals surface area contributed by atoms with E-state index in [9.17, 15) is 0 Å². The van der Waals surface area contributed by atoms with Crippen LogP contribution in [-0.2, 0) is 0 Å². The van der Waals surface area contributed by atoms with Gasteiger partial charge in [0.2, 0.25) is 0 Å². The van der Waals surface area contributed by atoms with Crippen molar-refractivity contribution in [1.82, 2.24) is 39.5 Å². The van der Waals surface area contributed by atoms with Gasteiger partial charge < -0.3 is 4.98 Å². The van der Waals surface area contributed by atoms with E-state index < -0.39 is 0 Å². The van der Waals surface area contributed by atoms with Gasteiger partial charge in [-0.15, -0.1) is 50.5 Å². The molecule has 1 N–H and O–H groups in total. The molecule has 3 aromatic heterocycles. The van der Waals surface area contributed by atoms with Gasteiger partial charge >= 0.3 is 0 Å². The maximum absolute atomic E-state index is 5.53. The quantitative estimate of drug-likeness (QED) is 0.113. The fourth-order valence-corrected chi connectivity index (χ4v) is 10.5. The molecule has 0 unspecified atom stereocenters. The van der Waals surface area contributed by atoms with E-state index in [0.717, 1.165) is 102 Å². The molecule has 2 aliphatic heterocycles. The van der Waals surface area contributed by atoms with Crippen LogP contribution in [-0.4, -0.2) is 39.5 Å². The summed E-state index contributed by atoms with van der Waals surface area (Å²) in [5.74, 6) is 2.06. The highest BCUT2D eigenvalue weighted by Gasteiger charge is 2.27. The molecule has 13 rings (SSSR count). The van der Waals surface area contributed by atoms with Crippen molar-refractivity contribution in [2.45, 2.75) is 19.6 Å². The first-order valence-corrected chi connectivity index (χ1v) is 23.6. The largest absolute Gasteiger partial charge is 0.324 e. The first kappa shape index (κ1) is 40.8. The SMILES string of the molecule is Sc1cccc(-c2cc3c4nc5nc(nc6c7ccccc7c(nc7nc(nc([nH]4)c3c(-c3cccc(S)c3)c2-c2cccc(S)c2)-c2ccccc2-7)n6-c2cccc(S)c2)-c2ccccc2-5)c1. The van der Waals surface area contributed by atoms with Crippen LogP contribution in [0.25, 0.3) is 129 Å². The summed E-state index contributed by atoms with van der Waals surface area (Å²) in [5, 5.41) is 3.49. The zero-order valence-corrected chi connectivity index (χ0v) is 39.2. The lowest BCUT2D eigenvalue weighted by molar-refractivity contribution is 1.08. The van der Waals surface area contributed by atoms with Gasteiger partial charge in [-0.2, -0.15) is 0 Å². The highest BCUT2D eigenvalue weighted by molar-refractivity contribution is 7.80. The third kappa shape index (κ3) is 6.74. The Hall–Kier alpha value is -7.48. The molecule has 5 heterocycles. The molecule has 8 aromatic carbocycles. The van der Waals surface area contributed by atoms with E-state index in [1.165, 1.54) is 0 Å². The topological polar surface area (TPSA) is 98.1 Å². The lowest BCUT2D eigenvalue weighted by atomic mass is 9.85. The Bertz CT molecular complexity index is 4120. The third-order valence-electron chi connectivity index (χ3n) is 12.5. The molecule has 0 spiro atoms. The van der Waals surface area contributed by atoms with Crippen LogP contribution in [0.3, 0.4) is 0 Å². The van der Waals surface area contributed by atoms with E-state index in [4.69, 9.17) is 80.4 Å². The van der Waals surface area contributed by atoms with Crippen molar-refractivity contribution in [3.63, 3.8) is 0 Å². The second kappa shape index (κ2) is 16.1. The molecule has 0 radical (unpaired) electrons. The van der Waals surface area contributed by atoms with Crippen LogP contribution in [0.2, 0.25) is 0 Å². The maximum atomic E-state index is 5.53. The number of benzene rings is 8. The number of aromatic nitrogens is 8. The molecule has 8 nitrogen and oxygen atoms in total. The summed E-state index contributed by atoms with van der Waals surface area (Å²) in [6, 6.07) is 59.3. The Labute approximate surface area is 411 Å². The molecular formula is C56H34N8S4. The molecule has 8 bridgehead atoms. The van der Waals surface area contributed by atoms with E-state index in [0.29, 0.717) is 45.9 Å².